The van der Waals surface area contributed by atoms with Gasteiger partial charge in [-0.1, -0.05) is 29.8 Å². The van der Waals surface area contributed by atoms with Crippen LogP contribution in [0, 0.1) is 0 Å². The van der Waals surface area contributed by atoms with Crippen molar-refractivity contribution in [1.82, 2.24) is 10.3 Å². The first-order valence-electron chi connectivity index (χ1n) is 6.86. The van der Waals surface area contributed by atoms with E-state index in [0.717, 1.165) is 5.56 Å². The number of nitrogens with one attached hydrogen (secondary N) is 1. The molecule has 2 N–H and O–H groups in total. The molecule has 5 nitrogen and oxygen atoms in total. The van der Waals surface area contributed by atoms with E-state index < -0.39 is 30.8 Å². The number of carboxylic acids is 1. The number of carbonyl (C=O) groups excluding carboxylic acids is 1. The van der Waals surface area contributed by atoms with Crippen LogP contribution in [0.3, 0.4) is 0 Å². The van der Waals surface area contributed by atoms with Crippen LogP contribution in [0.5, 0.6) is 0 Å². The van der Waals surface area contributed by atoms with Gasteiger partial charge >= 0.3 is 5.97 Å². The van der Waals surface area contributed by atoms with Gasteiger partial charge in [0.2, 0.25) is 12.3 Å². The molecule has 0 radical (unpaired) electrons. The number of aromatic nitrogens is 1. The Kier molecular flexibility index (Phi) is 6.22. The van der Waals surface area contributed by atoms with Crippen LogP contribution in [0.4, 0.5) is 8.78 Å². The zero-order chi connectivity index (χ0) is 17.7. The lowest BCUT2D eigenvalue weighted by Gasteiger charge is -2.13. The minimum atomic E-state index is -2.82. The molecule has 1 aromatic heterocycles. The maximum atomic E-state index is 12.3. The van der Waals surface area contributed by atoms with E-state index in [9.17, 15) is 18.4 Å². The van der Waals surface area contributed by atoms with Gasteiger partial charge in [-0.05, 0) is 6.07 Å². The molecule has 24 heavy (non-hydrogen) atoms. The normalized spacial score (nSPS) is 12.2. The molecule has 9 heteroatoms. The standard InChI is InChI=1S/C15H13ClF2N2O3S/c16-10-4-2-1-3-9(10)14-19-8(7-24-14)5-13(21)20-11(15(22)23)6-12(17)18/h1-4,7,11-12H,5-6H2,(H,20,21)(H,22,23). The van der Waals surface area contributed by atoms with Crippen LogP contribution in [0.2, 0.25) is 5.02 Å². The number of benzene rings is 1. The number of nitrogens with zero attached hydrogens (tertiary/aromatic N) is 1. The van der Waals surface area contributed by atoms with Crippen LogP contribution in [0.15, 0.2) is 29.6 Å². The number of rotatable bonds is 7. The summed E-state index contributed by atoms with van der Waals surface area (Å²) in [4.78, 5) is 27.0. The molecule has 0 saturated carbocycles. The Morgan fingerprint density at radius 1 is 1.33 bits per heavy atom. The SMILES string of the molecule is O=C(Cc1csc(-c2ccccc2Cl)n1)NC(CC(F)F)C(=O)O. The number of alkyl halides is 2. The highest BCUT2D eigenvalue weighted by Gasteiger charge is 2.24. The smallest absolute Gasteiger partial charge is 0.326 e. The minimum Gasteiger partial charge on any atom is -0.480 e. The van der Waals surface area contributed by atoms with E-state index in [2.05, 4.69) is 10.3 Å². The van der Waals surface area contributed by atoms with Crippen LogP contribution >= 0.6 is 22.9 Å². The van der Waals surface area contributed by atoms with E-state index in [1.54, 1.807) is 29.6 Å². The number of halogens is 3. The van der Waals surface area contributed by atoms with Crippen LogP contribution in [-0.4, -0.2) is 34.4 Å². The van der Waals surface area contributed by atoms with Crippen molar-refractivity contribution >= 4 is 34.8 Å². The zero-order valence-electron chi connectivity index (χ0n) is 12.2. The Labute approximate surface area is 145 Å². The molecule has 1 atom stereocenters. The Balaban J connectivity index is 2.02. The van der Waals surface area contributed by atoms with Crippen LogP contribution in [0.25, 0.3) is 10.6 Å². The van der Waals surface area contributed by atoms with Crippen molar-refractivity contribution in [2.75, 3.05) is 0 Å². The number of thiazole rings is 1. The van der Waals surface area contributed by atoms with Gasteiger partial charge < -0.3 is 10.4 Å². The van der Waals surface area contributed by atoms with Gasteiger partial charge in [-0.25, -0.2) is 18.6 Å². The second kappa shape index (κ2) is 8.16. The maximum Gasteiger partial charge on any atom is 0.326 e. The summed E-state index contributed by atoms with van der Waals surface area (Å²) in [6.45, 7) is 0. The molecule has 0 fully saturated rings. The molecule has 0 aliphatic carbocycles. The van der Waals surface area contributed by atoms with E-state index in [1.165, 1.54) is 11.3 Å². The Morgan fingerprint density at radius 2 is 2.04 bits per heavy atom. The van der Waals surface area contributed by atoms with Gasteiger partial charge in [0.05, 0.1) is 17.1 Å². The summed E-state index contributed by atoms with van der Waals surface area (Å²) in [7, 11) is 0. The van der Waals surface area contributed by atoms with Crippen molar-refractivity contribution in [3.63, 3.8) is 0 Å². The monoisotopic (exact) mass is 374 g/mol. The Morgan fingerprint density at radius 3 is 2.67 bits per heavy atom. The maximum absolute atomic E-state index is 12.3. The van der Waals surface area contributed by atoms with Gasteiger partial charge in [0.1, 0.15) is 11.0 Å². The van der Waals surface area contributed by atoms with E-state index >= 15 is 0 Å². The number of amides is 1. The molecule has 0 bridgehead atoms. The molecule has 0 aliphatic rings. The molecule has 0 aliphatic heterocycles. The van der Waals surface area contributed by atoms with E-state index in [1.807, 2.05) is 0 Å². The van der Waals surface area contributed by atoms with Crippen molar-refractivity contribution in [2.24, 2.45) is 0 Å². The minimum absolute atomic E-state index is 0.200. The molecule has 1 aromatic carbocycles. The molecule has 1 heterocycles. The average Bonchev–Trinajstić information content (AvgIpc) is 2.94. The molecule has 128 valence electrons. The van der Waals surface area contributed by atoms with Gasteiger partial charge in [-0.2, -0.15) is 0 Å². The second-order valence-electron chi connectivity index (χ2n) is 4.89. The molecule has 0 saturated heterocycles. The van der Waals surface area contributed by atoms with E-state index in [0.29, 0.717) is 15.7 Å². The third kappa shape index (κ3) is 4.97. The molecular formula is C15H13ClF2N2O3S. The van der Waals surface area contributed by atoms with Gasteiger partial charge in [-0.15, -0.1) is 11.3 Å². The third-order valence-electron chi connectivity index (χ3n) is 3.04. The molecule has 2 rings (SSSR count). The fourth-order valence-corrected chi connectivity index (χ4v) is 3.10. The molecular weight excluding hydrogens is 362 g/mol. The largest absolute Gasteiger partial charge is 0.480 e. The Bertz CT molecular complexity index is 739. The summed E-state index contributed by atoms with van der Waals surface area (Å²) in [6, 6.07) is 5.46. The molecule has 0 spiro atoms. The predicted octanol–water partition coefficient (Wildman–Crippen LogP) is 3.23. The number of carbonyl (C=O) groups is 2. The highest BCUT2D eigenvalue weighted by atomic mass is 35.5. The third-order valence-corrected chi connectivity index (χ3v) is 4.30. The van der Waals surface area contributed by atoms with E-state index in [4.69, 9.17) is 16.7 Å². The Hall–Kier alpha value is -2.06. The predicted molar refractivity (Wildman–Crippen MR) is 86.5 cm³/mol. The van der Waals surface area contributed by atoms with Crippen molar-refractivity contribution in [3.8, 4) is 10.6 Å². The summed E-state index contributed by atoms with van der Waals surface area (Å²) >= 11 is 7.36. The molecule has 2 aromatic rings. The summed E-state index contributed by atoms with van der Waals surface area (Å²) < 4.78 is 24.6. The van der Waals surface area contributed by atoms with E-state index in [-0.39, 0.29) is 6.42 Å². The second-order valence-corrected chi connectivity index (χ2v) is 6.15. The highest BCUT2D eigenvalue weighted by Crippen LogP contribution is 2.30. The summed E-state index contributed by atoms with van der Waals surface area (Å²) in [5.41, 5.74) is 1.13. The summed E-state index contributed by atoms with van der Waals surface area (Å²) in [5, 5.41) is 13.7. The lowest BCUT2D eigenvalue weighted by Crippen LogP contribution is -2.42. The van der Waals surface area contributed by atoms with Crippen molar-refractivity contribution in [2.45, 2.75) is 25.3 Å². The van der Waals surface area contributed by atoms with Gasteiger partial charge in [0.15, 0.2) is 0 Å². The summed E-state index contributed by atoms with van der Waals surface area (Å²) in [5.74, 6) is -2.18. The topological polar surface area (TPSA) is 79.3 Å². The fraction of sp³-hybridized carbons (Fsp3) is 0.267. The first-order valence-corrected chi connectivity index (χ1v) is 8.12. The lowest BCUT2D eigenvalue weighted by atomic mass is 10.2. The first kappa shape index (κ1) is 18.3. The fourth-order valence-electron chi connectivity index (χ4n) is 1.96. The van der Waals surface area contributed by atoms with Crippen LogP contribution < -0.4 is 5.32 Å². The summed E-state index contributed by atoms with van der Waals surface area (Å²) in [6.07, 6.45) is -3.96. The van der Waals surface area contributed by atoms with Crippen LogP contribution in [0.1, 0.15) is 12.1 Å². The molecule has 1 amide bonds. The zero-order valence-corrected chi connectivity index (χ0v) is 13.8. The van der Waals surface area contributed by atoms with Crippen LogP contribution in [-0.2, 0) is 16.0 Å². The lowest BCUT2D eigenvalue weighted by molar-refractivity contribution is -0.142. The van der Waals surface area contributed by atoms with Crippen molar-refractivity contribution in [3.05, 3.63) is 40.4 Å². The number of aliphatic carboxylic acids is 1. The number of carboxylic acid groups (broad SMARTS) is 1. The van der Waals surface area contributed by atoms with Crippen molar-refractivity contribution in [1.29, 1.82) is 0 Å². The first-order chi connectivity index (χ1) is 11.4. The van der Waals surface area contributed by atoms with Gasteiger partial charge in [0, 0.05) is 17.4 Å². The number of hydrogen-bond acceptors (Lipinski definition) is 4. The average molecular weight is 375 g/mol. The van der Waals surface area contributed by atoms with Gasteiger partial charge in [0.25, 0.3) is 0 Å². The number of hydrogen-bond donors (Lipinski definition) is 2. The quantitative estimate of drug-likeness (QED) is 0.779. The van der Waals surface area contributed by atoms with Crippen molar-refractivity contribution < 1.29 is 23.5 Å². The van der Waals surface area contributed by atoms with Gasteiger partial charge in [-0.3, -0.25) is 4.79 Å². The molecule has 1 unspecified atom stereocenters. The highest BCUT2D eigenvalue weighted by molar-refractivity contribution is 7.13.